The average Bonchev–Trinajstić information content (AvgIpc) is 3.05. The second kappa shape index (κ2) is 5.72. The van der Waals surface area contributed by atoms with Crippen LogP contribution in [0.15, 0.2) is 12.1 Å². The predicted molar refractivity (Wildman–Crippen MR) is 73.6 cm³/mol. The number of rotatable bonds is 5. The third-order valence-electron chi connectivity index (χ3n) is 3.63. The molecule has 0 saturated carbocycles. The number of aryl methyl sites for hydroxylation is 1. The summed E-state index contributed by atoms with van der Waals surface area (Å²) in [6.45, 7) is 3.88. The molecule has 0 aromatic carbocycles. The highest BCUT2D eigenvalue weighted by Gasteiger charge is 2.25. The molecule has 20 heavy (non-hydrogen) atoms. The summed E-state index contributed by atoms with van der Waals surface area (Å²) >= 11 is 0. The summed E-state index contributed by atoms with van der Waals surface area (Å²) in [4.78, 5) is 0. The molecule has 0 radical (unpaired) electrons. The molecule has 3 rings (SSSR count). The van der Waals surface area contributed by atoms with Gasteiger partial charge >= 0.3 is 0 Å². The van der Waals surface area contributed by atoms with E-state index in [1.165, 1.54) is 0 Å². The Morgan fingerprint density at radius 3 is 3.05 bits per heavy atom. The van der Waals surface area contributed by atoms with Crippen LogP contribution in [0.4, 0.5) is 5.82 Å². The molecule has 2 aromatic heterocycles. The zero-order chi connectivity index (χ0) is 13.9. The first kappa shape index (κ1) is 13.3. The van der Waals surface area contributed by atoms with Crippen LogP contribution in [0.3, 0.4) is 0 Å². The van der Waals surface area contributed by atoms with Gasteiger partial charge in [-0.2, -0.15) is 4.52 Å². The topological polar surface area (TPSA) is 84.6 Å². The summed E-state index contributed by atoms with van der Waals surface area (Å²) in [7, 11) is 0. The summed E-state index contributed by atoms with van der Waals surface area (Å²) in [6.07, 6.45) is 1.32. The van der Waals surface area contributed by atoms with Gasteiger partial charge in [-0.3, -0.25) is 0 Å². The molecule has 3 heterocycles. The Hall–Kier alpha value is -1.73. The molecule has 2 aromatic rings. The second-order valence-corrected chi connectivity index (χ2v) is 5.04. The van der Waals surface area contributed by atoms with Crippen molar-refractivity contribution in [2.24, 2.45) is 5.92 Å². The zero-order valence-electron chi connectivity index (χ0n) is 11.5. The van der Waals surface area contributed by atoms with E-state index in [0.717, 1.165) is 36.7 Å². The fourth-order valence-corrected chi connectivity index (χ4v) is 2.40. The zero-order valence-corrected chi connectivity index (χ0v) is 11.5. The van der Waals surface area contributed by atoms with E-state index in [0.29, 0.717) is 13.2 Å². The Morgan fingerprint density at radius 1 is 1.40 bits per heavy atom. The van der Waals surface area contributed by atoms with E-state index >= 15 is 0 Å². The smallest absolute Gasteiger partial charge is 0.178 e. The van der Waals surface area contributed by atoms with E-state index in [9.17, 15) is 5.11 Å². The van der Waals surface area contributed by atoms with Gasteiger partial charge in [0, 0.05) is 18.9 Å². The lowest BCUT2D eigenvalue weighted by Crippen LogP contribution is -2.21. The molecule has 0 aliphatic carbocycles. The van der Waals surface area contributed by atoms with E-state index in [2.05, 4.69) is 20.6 Å². The maximum Gasteiger partial charge on any atom is 0.178 e. The van der Waals surface area contributed by atoms with Crippen molar-refractivity contribution in [3.05, 3.63) is 18.0 Å². The van der Waals surface area contributed by atoms with Gasteiger partial charge in [-0.15, -0.1) is 15.3 Å². The predicted octanol–water partition coefficient (Wildman–Crippen LogP) is 0.496. The van der Waals surface area contributed by atoms with Crippen LogP contribution >= 0.6 is 0 Å². The van der Waals surface area contributed by atoms with Crippen LogP contribution in [0.5, 0.6) is 0 Å². The van der Waals surface area contributed by atoms with Gasteiger partial charge in [0.25, 0.3) is 0 Å². The summed E-state index contributed by atoms with van der Waals surface area (Å²) in [5.74, 6) is 1.86. The van der Waals surface area contributed by atoms with Crippen molar-refractivity contribution < 1.29 is 9.84 Å². The fraction of sp³-hybridized carbons (Fsp3) is 0.615. The molecule has 108 valence electrons. The third kappa shape index (κ3) is 2.59. The fourth-order valence-electron chi connectivity index (χ4n) is 2.40. The summed E-state index contributed by atoms with van der Waals surface area (Å²) in [5, 5.41) is 25.6. The first-order chi connectivity index (χ1) is 9.78. The number of aliphatic hydroxyl groups is 1. The van der Waals surface area contributed by atoms with Crippen LogP contribution < -0.4 is 5.32 Å². The average molecular weight is 277 g/mol. The first-order valence-corrected chi connectivity index (χ1v) is 6.99. The lowest BCUT2D eigenvalue weighted by atomic mass is 10.0. The highest BCUT2D eigenvalue weighted by Crippen LogP contribution is 2.17. The van der Waals surface area contributed by atoms with Gasteiger partial charge < -0.3 is 15.2 Å². The standard InChI is InChI=1S/C13H19N5O2/c1-2-12-15-16-13-4-3-11(17-18(12)13)14-6-5-9-7-20-8-10(9)19/h3-4,9-10,19H,2,5-8H2,1H3,(H,14,17)/t9-,10-/m1/s1. The molecule has 1 saturated heterocycles. The Labute approximate surface area is 117 Å². The van der Waals surface area contributed by atoms with Gasteiger partial charge in [-0.1, -0.05) is 6.92 Å². The van der Waals surface area contributed by atoms with Crippen LogP contribution in [0.1, 0.15) is 19.2 Å². The first-order valence-electron chi connectivity index (χ1n) is 6.99. The van der Waals surface area contributed by atoms with Gasteiger partial charge in [-0.05, 0) is 18.6 Å². The number of aromatic nitrogens is 4. The maximum atomic E-state index is 9.68. The molecule has 1 aliphatic heterocycles. The van der Waals surface area contributed by atoms with Crippen molar-refractivity contribution in [1.82, 2.24) is 19.8 Å². The Balaban J connectivity index is 1.62. The second-order valence-electron chi connectivity index (χ2n) is 5.04. The largest absolute Gasteiger partial charge is 0.390 e. The highest BCUT2D eigenvalue weighted by molar-refractivity contribution is 5.43. The van der Waals surface area contributed by atoms with Crippen molar-refractivity contribution in [2.45, 2.75) is 25.9 Å². The number of nitrogens with zero attached hydrogens (tertiary/aromatic N) is 4. The number of nitrogens with one attached hydrogen (secondary N) is 1. The third-order valence-corrected chi connectivity index (χ3v) is 3.63. The van der Waals surface area contributed by atoms with E-state index in [1.807, 2.05) is 19.1 Å². The van der Waals surface area contributed by atoms with Crippen molar-refractivity contribution >= 4 is 11.5 Å². The summed E-state index contributed by atoms with van der Waals surface area (Å²) in [6, 6.07) is 3.79. The molecule has 2 N–H and O–H groups in total. The minimum atomic E-state index is -0.336. The molecule has 0 spiro atoms. The molecular formula is C13H19N5O2. The Kier molecular flexibility index (Phi) is 3.79. The molecule has 0 bridgehead atoms. The van der Waals surface area contributed by atoms with E-state index < -0.39 is 0 Å². The molecule has 7 heteroatoms. The number of hydrogen-bond donors (Lipinski definition) is 2. The summed E-state index contributed by atoms with van der Waals surface area (Å²) < 4.78 is 7.00. The van der Waals surface area contributed by atoms with E-state index in [1.54, 1.807) is 4.52 Å². The van der Waals surface area contributed by atoms with Crippen LogP contribution in [-0.4, -0.2) is 50.8 Å². The highest BCUT2D eigenvalue weighted by atomic mass is 16.5. The van der Waals surface area contributed by atoms with Crippen molar-refractivity contribution in [2.75, 3.05) is 25.1 Å². The van der Waals surface area contributed by atoms with Gasteiger partial charge in [-0.25, -0.2) is 0 Å². The van der Waals surface area contributed by atoms with E-state index in [4.69, 9.17) is 4.74 Å². The number of hydrogen-bond acceptors (Lipinski definition) is 6. The molecule has 0 unspecified atom stereocenters. The molecule has 0 amide bonds. The van der Waals surface area contributed by atoms with Gasteiger partial charge in [0.1, 0.15) is 5.82 Å². The number of anilines is 1. The van der Waals surface area contributed by atoms with Crippen molar-refractivity contribution in [3.63, 3.8) is 0 Å². The van der Waals surface area contributed by atoms with Gasteiger partial charge in [0.15, 0.2) is 11.5 Å². The van der Waals surface area contributed by atoms with Gasteiger partial charge in [0.2, 0.25) is 0 Å². The van der Waals surface area contributed by atoms with Gasteiger partial charge in [0.05, 0.1) is 19.3 Å². The molecular weight excluding hydrogens is 258 g/mol. The number of aliphatic hydroxyl groups excluding tert-OH is 1. The van der Waals surface area contributed by atoms with Crippen LogP contribution in [-0.2, 0) is 11.2 Å². The van der Waals surface area contributed by atoms with Crippen molar-refractivity contribution in [1.29, 1.82) is 0 Å². The lowest BCUT2D eigenvalue weighted by Gasteiger charge is -2.12. The molecule has 1 aliphatic rings. The minimum absolute atomic E-state index is 0.215. The maximum absolute atomic E-state index is 9.68. The van der Waals surface area contributed by atoms with Crippen LogP contribution in [0, 0.1) is 5.92 Å². The Bertz CT molecular complexity index is 585. The number of fused-ring (bicyclic) bond motifs is 1. The van der Waals surface area contributed by atoms with Crippen LogP contribution in [0.2, 0.25) is 0 Å². The molecule has 7 nitrogen and oxygen atoms in total. The SMILES string of the molecule is CCc1nnc2ccc(NCC[C@@H]3COC[C@H]3O)nn12. The lowest BCUT2D eigenvalue weighted by molar-refractivity contribution is 0.117. The molecule has 2 atom stereocenters. The monoisotopic (exact) mass is 277 g/mol. The number of ether oxygens (including phenoxy) is 1. The van der Waals surface area contributed by atoms with Crippen molar-refractivity contribution in [3.8, 4) is 0 Å². The van der Waals surface area contributed by atoms with Crippen LogP contribution in [0.25, 0.3) is 5.65 Å². The molecule has 1 fully saturated rings. The quantitative estimate of drug-likeness (QED) is 0.827. The van der Waals surface area contributed by atoms with E-state index in [-0.39, 0.29) is 12.0 Å². The normalized spacial score (nSPS) is 22.5. The minimum Gasteiger partial charge on any atom is -0.390 e. The summed E-state index contributed by atoms with van der Waals surface area (Å²) in [5.41, 5.74) is 0.756. The Morgan fingerprint density at radius 2 is 2.30 bits per heavy atom.